The Morgan fingerprint density at radius 2 is 1.56 bits per heavy atom. The molecule has 4 fully saturated rings. The van der Waals surface area contributed by atoms with E-state index in [2.05, 4.69) is 40.7 Å². The normalized spacial score (nSPS) is 24.9. The van der Waals surface area contributed by atoms with Crippen molar-refractivity contribution in [2.24, 2.45) is 52.3 Å². The number of carboxylic acids is 2. The molecule has 0 saturated heterocycles. The molecular weight excluding hydrogens is 1160 g/mol. The number of phenolic OH excluding ortho intramolecular Hbond substituents is 2. The van der Waals surface area contributed by atoms with Crippen LogP contribution in [0.15, 0.2) is 23.2 Å². The number of nitrogens with zero attached hydrogens (tertiary/aromatic N) is 4. The lowest BCUT2D eigenvalue weighted by atomic mass is 9.52. The number of hydrogen-bond acceptors (Lipinski definition) is 17. The van der Waals surface area contributed by atoms with Crippen molar-refractivity contribution in [3.05, 3.63) is 44.8 Å². The zero-order valence-electron chi connectivity index (χ0n) is 51.0. The van der Waals surface area contributed by atoms with Gasteiger partial charge < -0.3 is 65.3 Å². The fourth-order valence-corrected chi connectivity index (χ4v) is 16.7. The van der Waals surface area contributed by atoms with Gasteiger partial charge in [0.1, 0.15) is 33.3 Å². The van der Waals surface area contributed by atoms with E-state index in [9.17, 15) is 59.4 Å². The summed E-state index contributed by atoms with van der Waals surface area (Å²) in [4.78, 5) is 88.7. The Morgan fingerprint density at radius 3 is 2.30 bits per heavy atom. The lowest BCUT2D eigenvalue weighted by molar-refractivity contribution is -0.142. The fourth-order valence-electron chi connectivity index (χ4n) is 14.6. The van der Waals surface area contributed by atoms with E-state index >= 15 is 0 Å². The zero-order valence-corrected chi connectivity index (χ0v) is 52.6. The van der Waals surface area contributed by atoms with Crippen molar-refractivity contribution >= 4 is 87.3 Å². The molecule has 23 heteroatoms. The molecule has 4 saturated carbocycles. The molecule has 1 aliphatic heterocycles. The minimum Gasteiger partial charge on any atom is -0.507 e. The first kappa shape index (κ1) is 67.1. The number of thiazole rings is 1. The number of hydrogen-bond donors (Lipinski definition) is 8. The maximum absolute atomic E-state index is 13.8. The van der Waals surface area contributed by atoms with Gasteiger partial charge in [0.2, 0.25) is 17.7 Å². The van der Waals surface area contributed by atoms with Crippen LogP contribution in [0.25, 0.3) is 23.4 Å². The monoisotopic (exact) mass is 1250 g/mol. The van der Waals surface area contributed by atoms with Crippen LogP contribution in [0.4, 0.5) is 4.79 Å². The van der Waals surface area contributed by atoms with E-state index in [1.54, 1.807) is 46.0 Å². The van der Waals surface area contributed by atoms with Crippen LogP contribution in [0.5, 0.6) is 17.2 Å². The number of ether oxygens (including phenoxy) is 3. The molecule has 12 atom stereocenters. The van der Waals surface area contributed by atoms with E-state index in [1.165, 1.54) is 45.7 Å². The van der Waals surface area contributed by atoms with E-state index < -0.39 is 35.5 Å². The van der Waals surface area contributed by atoms with Gasteiger partial charge >= 0.3 is 18.0 Å². The molecule has 87 heavy (non-hydrogen) atoms. The van der Waals surface area contributed by atoms with Crippen LogP contribution >= 0.6 is 23.1 Å². The first-order chi connectivity index (χ1) is 41.4. The number of nitrogens with one attached hydrogen (secondary N) is 2. The molecule has 12 unspecified atom stereocenters. The third-order valence-corrected chi connectivity index (χ3v) is 21.6. The third-order valence-electron chi connectivity index (χ3n) is 19.4. The predicted octanol–water partition coefficient (Wildman–Crippen LogP) is 6.32. The fraction of sp³-hybridized carbons (Fsp3) is 0.656. The Labute approximate surface area is 517 Å². The van der Waals surface area contributed by atoms with Crippen LogP contribution in [0, 0.1) is 54.3 Å². The Morgan fingerprint density at radius 1 is 0.828 bits per heavy atom. The number of unbranched alkanes of at least 4 members (excludes halogenated alkanes) is 1. The Balaban J connectivity index is 0.728. The van der Waals surface area contributed by atoms with Gasteiger partial charge in [0.25, 0.3) is 0 Å². The number of carbonyl (C=O) groups excluding carboxylic acids is 4. The van der Waals surface area contributed by atoms with Crippen LogP contribution in [-0.4, -0.2) is 176 Å². The Kier molecular flexibility index (Phi) is 23.2. The number of aliphatic hydroxyl groups excluding tert-OH is 2. The second-order valence-corrected chi connectivity index (χ2v) is 27.5. The largest absolute Gasteiger partial charge is 0.507 e. The molecule has 5 aliphatic rings. The van der Waals surface area contributed by atoms with Gasteiger partial charge in [-0.2, -0.15) is 0 Å². The minimum atomic E-state index is -1.10. The molecule has 8 N–H and O–H groups in total. The number of aromatic hydroxyl groups is 2. The third kappa shape index (κ3) is 16.7. The summed E-state index contributed by atoms with van der Waals surface area (Å²) in [6.45, 7) is 16.2. The summed E-state index contributed by atoms with van der Waals surface area (Å²) in [5.41, 5.74) is 0.359. The van der Waals surface area contributed by atoms with Crippen LogP contribution < -0.4 is 25.8 Å². The van der Waals surface area contributed by atoms with E-state index in [1.807, 2.05) is 0 Å². The number of likely N-dealkylation sites (N-methyl/N-ethyl adjacent to an activating group) is 1. The van der Waals surface area contributed by atoms with Gasteiger partial charge in [-0.05, 0) is 143 Å². The molecule has 0 radical (unpaired) electrons. The summed E-state index contributed by atoms with van der Waals surface area (Å²) in [5.74, 6) is 1.04. The van der Waals surface area contributed by atoms with Gasteiger partial charge in [0.05, 0.1) is 48.9 Å². The van der Waals surface area contributed by atoms with Crippen molar-refractivity contribution in [2.75, 3.05) is 65.4 Å². The molecule has 3 aromatic rings. The van der Waals surface area contributed by atoms with Crippen molar-refractivity contribution < 1.29 is 73.6 Å². The van der Waals surface area contributed by atoms with Crippen molar-refractivity contribution in [3.63, 3.8) is 0 Å². The number of thioether (sulfide) groups is 1. The van der Waals surface area contributed by atoms with E-state index in [4.69, 9.17) is 14.2 Å². The number of aliphatic hydroxyl groups is 2. The highest BCUT2D eigenvalue weighted by Gasteiger charge is 2.55. The number of carboxylic acid groups (broad SMARTS) is 2. The minimum absolute atomic E-state index is 0.0482. The SMILES string of the molecule is C=c1c(C)c(O)c(=C)c(C(C)(C)CC(=O)N(C)CCN(CCOCCOCCC(=O)NCCCCC(NC(=O)CCC(C)C2CCC3C4CCC5CC(O)CCC5C4CC(O)C23)C(=O)O)C(=O)Oc2ccc3nc(C4=NC(C(=O)O)CS4)sc3c2)c1O. The van der Waals surface area contributed by atoms with Crippen molar-refractivity contribution in [2.45, 2.75) is 154 Å². The highest BCUT2D eigenvalue weighted by molar-refractivity contribution is 8.15. The average Bonchev–Trinajstić information content (AvgIpc) is 1.80. The summed E-state index contributed by atoms with van der Waals surface area (Å²) in [7, 11) is 1.60. The quantitative estimate of drug-likeness (QED) is 0.0279. The van der Waals surface area contributed by atoms with Gasteiger partial charge in [-0.25, -0.2) is 19.4 Å². The number of benzene rings is 2. The highest BCUT2D eigenvalue weighted by Crippen LogP contribution is 2.60. The number of aromatic nitrogens is 1. The van der Waals surface area contributed by atoms with Gasteiger partial charge in [0.15, 0.2) is 6.04 Å². The summed E-state index contributed by atoms with van der Waals surface area (Å²) < 4.78 is 18.0. The van der Waals surface area contributed by atoms with Gasteiger partial charge in [-0.1, -0.05) is 33.9 Å². The summed E-state index contributed by atoms with van der Waals surface area (Å²) in [6.07, 6.45) is 9.05. The first-order valence-electron chi connectivity index (χ1n) is 31.0. The van der Waals surface area contributed by atoms with Crippen LogP contribution in [0.1, 0.15) is 133 Å². The molecule has 8 rings (SSSR count). The number of phenols is 2. The number of amides is 4. The first-order valence-corrected chi connectivity index (χ1v) is 32.8. The second-order valence-electron chi connectivity index (χ2n) is 25.5. The lowest BCUT2D eigenvalue weighted by Gasteiger charge is -2.54. The molecule has 0 bridgehead atoms. The van der Waals surface area contributed by atoms with Gasteiger partial charge in [0, 0.05) is 91.3 Å². The lowest BCUT2D eigenvalue weighted by Crippen LogP contribution is -2.50. The molecule has 21 nitrogen and oxygen atoms in total. The van der Waals surface area contributed by atoms with Gasteiger partial charge in [-0.3, -0.25) is 19.4 Å². The summed E-state index contributed by atoms with van der Waals surface area (Å²) in [6, 6.07) is 3.08. The number of aliphatic carboxylic acids is 2. The summed E-state index contributed by atoms with van der Waals surface area (Å²) >= 11 is 2.61. The molecule has 1 aromatic heterocycles. The zero-order chi connectivity index (χ0) is 62.9. The van der Waals surface area contributed by atoms with Crippen molar-refractivity contribution in [3.8, 4) is 17.2 Å². The van der Waals surface area contributed by atoms with Crippen LogP contribution in [0.3, 0.4) is 0 Å². The van der Waals surface area contributed by atoms with Crippen molar-refractivity contribution in [1.82, 2.24) is 25.4 Å². The van der Waals surface area contributed by atoms with E-state index in [0.29, 0.717) is 98.5 Å². The Bertz CT molecular complexity index is 3100. The number of aliphatic imine (C=N–C) groups is 1. The Hall–Kier alpha value is -5.85. The smallest absolute Gasteiger partial charge is 0.415 e. The topological polar surface area (TPSA) is 307 Å². The number of fused-ring (bicyclic) bond motifs is 6. The standard InChI is InChI=1S/C64H90N6O15S2/c1-35(42-17-18-45-44-15-12-39-30-40(71)13-16-43(39)46(44)32-50(72)55(42)45)11-20-53(74)66-48(61(78)79)10-8-9-22-65-52(73)21-26-83-28-29-84-27-25-70(24-23-69(7)54(75)33-64(5,6)56-38(4)57(76)36(2)37(3)58(56)77)63(82)85-41-14-19-47-51(31-41)87-60(67-47)59-68-49(34-86-59)62(80)81/h14,19,31,35,39-40,42-46,48-50,55,71-72,76-77H,3-4,8-13,15-18,20-30,32-34H2,1-2,5-7H3,(H,65,73)(H,66,74)(H,78,79)(H,80,81). The van der Waals surface area contributed by atoms with Gasteiger partial charge in [-0.15, -0.1) is 23.1 Å². The maximum atomic E-state index is 13.8. The number of carbonyl (C=O) groups is 6. The van der Waals surface area contributed by atoms with E-state index in [-0.39, 0.29) is 141 Å². The average molecular weight is 1250 g/mol. The molecule has 4 aliphatic carbocycles. The number of rotatable bonds is 29. The van der Waals surface area contributed by atoms with Crippen LogP contribution in [-0.2, 0) is 38.9 Å². The molecule has 4 amide bonds. The van der Waals surface area contributed by atoms with E-state index in [0.717, 1.165) is 38.5 Å². The molecule has 478 valence electrons. The molecule has 2 heterocycles. The predicted molar refractivity (Wildman–Crippen MR) is 332 cm³/mol. The molecule has 2 aromatic carbocycles. The molecular formula is C64H90N6O15S2. The molecule has 0 spiro atoms. The highest BCUT2D eigenvalue weighted by atomic mass is 32.2. The second kappa shape index (κ2) is 30.1. The van der Waals surface area contributed by atoms with Crippen molar-refractivity contribution in [1.29, 1.82) is 0 Å². The summed E-state index contributed by atoms with van der Waals surface area (Å²) in [5, 5.41) is 70.1. The maximum Gasteiger partial charge on any atom is 0.415 e. The van der Waals surface area contributed by atoms with Crippen LogP contribution in [0.2, 0.25) is 0 Å².